The van der Waals surface area contributed by atoms with Gasteiger partial charge in [0.25, 0.3) is 10.0 Å². The Bertz CT molecular complexity index is 1260. The number of nitrogens with one attached hydrogen (secondary N) is 1. The molecule has 0 aliphatic heterocycles. The van der Waals surface area contributed by atoms with Gasteiger partial charge < -0.3 is 9.26 Å². The molecular formula is C21H19N3O7S. The first-order valence-corrected chi connectivity index (χ1v) is 10.9. The summed E-state index contributed by atoms with van der Waals surface area (Å²) >= 11 is 0. The number of rotatable bonds is 8. The Morgan fingerprint density at radius 2 is 1.81 bits per heavy atom. The molecule has 3 aromatic rings. The largest absolute Gasteiger partial charge is 0.462 e. The lowest BCUT2D eigenvalue weighted by Gasteiger charge is -2.09. The Balaban J connectivity index is 1.72. The average Bonchev–Trinajstić information content (AvgIpc) is 3.13. The predicted molar refractivity (Wildman–Crippen MR) is 116 cm³/mol. The molecule has 0 saturated heterocycles. The van der Waals surface area contributed by atoms with Crippen LogP contribution in [0.15, 0.2) is 57.9 Å². The van der Waals surface area contributed by atoms with E-state index in [1.54, 1.807) is 25.1 Å². The number of carbonyl (C=O) groups is 1. The molecule has 0 bridgehead atoms. The van der Waals surface area contributed by atoms with Crippen LogP contribution in [0.4, 0.5) is 11.4 Å². The second-order valence-electron chi connectivity index (χ2n) is 6.54. The minimum absolute atomic E-state index is 0.00266. The highest BCUT2D eigenvalue weighted by molar-refractivity contribution is 7.92. The summed E-state index contributed by atoms with van der Waals surface area (Å²) in [6.45, 7) is 3.41. The number of esters is 1. The van der Waals surface area contributed by atoms with Crippen molar-refractivity contribution < 1.29 is 27.4 Å². The van der Waals surface area contributed by atoms with Crippen molar-refractivity contribution in [2.24, 2.45) is 0 Å². The number of hydrogen-bond acceptors (Lipinski definition) is 8. The lowest BCUT2D eigenvalue weighted by Crippen LogP contribution is -2.13. The van der Waals surface area contributed by atoms with Crippen LogP contribution in [-0.4, -0.2) is 31.1 Å². The van der Waals surface area contributed by atoms with E-state index in [9.17, 15) is 23.3 Å². The van der Waals surface area contributed by atoms with Gasteiger partial charge in [-0.25, -0.2) is 13.2 Å². The average molecular weight is 457 g/mol. The van der Waals surface area contributed by atoms with Crippen molar-refractivity contribution in [1.29, 1.82) is 0 Å². The van der Waals surface area contributed by atoms with E-state index in [1.807, 2.05) is 0 Å². The zero-order valence-electron chi connectivity index (χ0n) is 17.1. The molecule has 0 fully saturated rings. The normalized spacial score (nSPS) is 11.4. The molecule has 1 N–H and O–H groups in total. The van der Waals surface area contributed by atoms with Crippen LogP contribution in [0.1, 0.15) is 34.3 Å². The summed E-state index contributed by atoms with van der Waals surface area (Å²) in [5.74, 6) is -0.492. The van der Waals surface area contributed by atoms with E-state index >= 15 is 0 Å². The number of anilines is 1. The standard InChI is InChI=1S/C21H19N3O7S/c1-3-30-21(25)16-7-9-17(10-8-16)23-32(28,29)18-11-4-15(5-12-18)6-13-19-20(24(26)27)14(2)22-31-19/h4-13,23H,3H2,1-2H3. The predicted octanol–water partition coefficient (Wildman–Crippen LogP) is 4.04. The van der Waals surface area contributed by atoms with E-state index in [0.29, 0.717) is 11.1 Å². The van der Waals surface area contributed by atoms with Crippen molar-refractivity contribution >= 4 is 39.5 Å². The van der Waals surface area contributed by atoms with Gasteiger partial charge in [0.15, 0.2) is 5.69 Å². The Morgan fingerprint density at radius 1 is 1.16 bits per heavy atom. The van der Waals surface area contributed by atoms with Crippen molar-refractivity contribution in [3.8, 4) is 0 Å². The van der Waals surface area contributed by atoms with E-state index in [1.165, 1.54) is 49.4 Å². The molecule has 0 aliphatic rings. The Labute approximate surface area is 183 Å². The van der Waals surface area contributed by atoms with Crippen LogP contribution in [0.25, 0.3) is 12.2 Å². The van der Waals surface area contributed by atoms with Gasteiger partial charge >= 0.3 is 11.7 Å². The zero-order valence-corrected chi connectivity index (χ0v) is 18.0. The highest BCUT2D eigenvalue weighted by Gasteiger charge is 2.22. The first kappa shape index (κ1) is 22.7. The van der Waals surface area contributed by atoms with Crippen molar-refractivity contribution in [1.82, 2.24) is 5.16 Å². The van der Waals surface area contributed by atoms with Gasteiger partial charge in [0.2, 0.25) is 5.76 Å². The summed E-state index contributed by atoms with van der Waals surface area (Å²) in [5, 5.41) is 14.7. The van der Waals surface area contributed by atoms with Crippen LogP contribution in [0.2, 0.25) is 0 Å². The number of carbonyl (C=O) groups excluding carboxylic acids is 1. The van der Waals surface area contributed by atoms with E-state index < -0.39 is 20.9 Å². The maximum Gasteiger partial charge on any atom is 0.338 e. The first-order chi connectivity index (χ1) is 15.2. The fourth-order valence-corrected chi connectivity index (χ4v) is 3.81. The molecule has 10 nitrogen and oxygen atoms in total. The van der Waals surface area contributed by atoms with Gasteiger partial charge in [-0.15, -0.1) is 0 Å². The lowest BCUT2D eigenvalue weighted by atomic mass is 10.2. The van der Waals surface area contributed by atoms with Gasteiger partial charge in [0, 0.05) is 5.69 Å². The molecule has 0 saturated carbocycles. The Hall–Kier alpha value is -3.99. The molecule has 11 heteroatoms. The monoisotopic (exact) mass is 457 g/mol. The van der Waals surface area contributed by atoms with Crippen LogP contribution >= 0.6 is 0 Å². The van der Waals surface area contributed by atoms with Crippen molar-refractivity contribution in [3.05, 3.63) is 81.2 Å². The molecule has 1 aromatic heterocycles. The summed E-state index contributed by atoms with van der Waals surface area (Å²) in [6.07, 6.45) is 2.94. The molecule has 2 aromatic carbocycles. The molecule has 166 valence electrons. The molecule has 0 radical (unpaired) electrons. The maximum atomic E-state index is 12.6. The SMILES string of the molecule is CCOC(=O)c1ccc(NS(=O)(=O)c2ccc(C=Cc3onc(C)c3[N+](=O)[O-])cc2)cc1. The summed E-state index contributed by atoms with van der Waals surface area (Å²) in [6, 6.07) is 11.8. The highest BCUT2D eigenvalue weighted by Crippen LogP contribution is 2.25. The third-order valence-corrected chi connectivity index (χ3v) is 5.70. The smallest absolute Gasteiger partial charge is 0.338 e. The third-order valence-electron chi connectivity index (χ3n) is 4.31. The fraction of sp³-hybridized carbons (Fsp3) is 0.143. The topological polar surface area (TPSA) is 142 Å². The second-order valence-corrected chi connectivity index (χ2v) is 8.23. The number of aromatic nitrogens is 1. The lowest BCUT2D eigenvalue weighted by molar-refractivity contribution is -0.386. The van der Waals surface area contributed by atoms with Gasteiger partial charge in [0.05, 0.1) is 22.0 Å². The van der Waals surface area contributed by atoms with Crippen LogP contribution in [0.5, 0.6) is 0 Å². The molecule has 0 unspecified atom stereocenters. The fourth-order valence-electron chi connectivity index (χ4n) is 2.75. The number of ether oxygens (including phenoxy) is 1. The molecule has 3 rings (SSSR count). The number of sulfonamides is 1. The van der Waals surface area contributed by atoms with Gasteiger partial charge in [-0.2, -0.15) is 0 Å². The molecule has 0 amide bonds. The van der Waals surface area contributed by atoms with Crippen molar-refractivity contribution in [3.63, 3.8) is 0 Å². The van der Waals surface area contributed by atoms with E-state index in [-0.39, 0.29) is 34.3 Å². The molecule has 1 heterocycles. The third kappa shape index (κ3) is 5.19. The van der Waals surface area contributed by atoms with Crippen LogP contribution in [0, 0.1) is 17.0 Å². The van der Waals surface area contributed by atoms with E-state index in [4.69, 9.17) is 9.26 Å². The van der Waals surface area contributed by atoms with E-state index in [2.05, 4.69) is 9.88 Å². The number of nitro groups is 1. The Morgan fingerprint density at radius 3 is 2.41 bits per heavy atom. The highest BCUT2D eigenvalue weighted by atomic mass is 32.2. The van der Waals surface area contributed by atoms with Gasteiger partial charge in [-0.3, -0.25) is 14.8 Å². The summed E-state index contributed by atoms with van der Waals surface area (Å²) < 4.78 is 37.5. The summed E-state index contributed by atoms with van der Waals surface area (Å²) in [5.41, 5.74) is 1.14. The van der Waals surface area contributed by atoms with E-state index in [0.717, 1.165) is 0 Å². The quantitative estimate of drug-likeness (QED) is 0.303. The minimum atomic E-state index is -3.86. The van der Waals surface area contributed by atoms with Gasteiger partial charge in [-0.1, -0.05) is 23.4 Å². The maximum absolute atomic E-state index is 12.6. The molecule has 0 spiro atoms. The van der Waals surface area contributed by atoms with Gasteiger partial charge in [-0.05, 0) is 61.9 Å². The summed E-state index contributed by atoms with van der Waals surface area (Å²) in [4.78, 5) is 22.2. The molecule has 32 heavy (non-hydrogen) atoms. The number of benzene rings is 2. The van der Waals surface area contributed by atoms with Crippen LogP contribution < -0.4 is 4.72 Å². The number of nitrogens with zero attached hydrogens (tertiary/aromatic N) is 2. The first-order valence-electron chi connectivity index (χ1n) is 9.40. The van der Waals surface area contributed by atoms with Crippen molar-refractivity contribution in [2.45, 2.75) is 18.7 Å². The van der Waals surface area contributed by atoms with Gasteiger partial charge in [0.1, 0.15) is 0 Å². The number of hydrogen-bond donors (Lipinski definition) is 1. The van der Waals surface area contributed by atoms with Crippen LogP contribution in [0.3, 0.4) is 0 Å². The Kier molecular flexibility index (Phi) is 6.69. The van der Waals surface area contributed by atoms with Crippen molar-refractivity contribution in [2.75, 3.05) is 11.3 Å². The van der Waals surface area contributed by atoms with Crippen LogP contribution in [-0.2, 0) is 14.8 Å². The number of aryl methyl sites for hydroxylation is 1. The molecular weight excluding hydrogens is 438 g/mol. The summed E-state index contributed by atoms with van der Waals surface area (Å²) in [7, 11) is -3.86. The molecule has 0 atom stereocenters. The second kappa shape index (κ2) is 9.43. The molecule has 0 aliphatic carbocycles. The zero-order chi connectivity index (χ0) is 23.3. The minimum Gasteiger partial charge on any atom is -0.462 e.